The van der Waals surface area contributed by atoms with Crippen LogP contribution >= 0.6 is 11.6 Å². The highest BCUT2D eigenvalue weighted by Gasteiger charge is 2.41. The zero-order chi connectivity index (χ0) is 24.2. The third-order valence-electron chi connectivity index (χ3n) is 6.03. The van der Waals surface area contributed by atoms with Crippen molar-refractivity contribution in [1.29, 1.82) is 0 Å². The zero-order valence-corrected chi connectivity index (χ0v) is 19.0. The number of benzene rings is 1. The molecule has 176 valence electrons. The number of rotatable bonds is 4. The van der Waals surface area contributed by atoms with Crippen LogP contribution in [0, 0.1) is 23.6 Å². The van der Waals surface area contributed by atoms with Crippen LogP contribution in [-0.4, -0.2) is 49.9 Å². The van der Waals surface area contributed by atoms with Crippen LogP contribution in [0.4, 0.5) is 13.2 Å². The van der Waals surface area contributed by atoms with E-state index in [9.17, 15) is 22.8 Å². The number of aromatic nitrogens is 3. The molecule has 2 aliphatic rings. The minimum Gasteiger partial charge on any atom is -0.335 e. The molecule has 2 fully saturated rings. The Kier molecular flexibility index (Phi) is 5.44. The number of fused-ring (bicyclic) bond motifs is 1. The molecule has 0 bridgehead atoms. The minimum atomic E-state index is -1.42. The topological polar surface area (TPSA) is 59.6 Å². The van der Waals surface area contributed by atoms with Crippen molar-refractivity contribution < 1.29 is 18.0 Å². The summed E-state index contributed by atoms with van der Waals surface area (Å²) in [7, 11) is 0. The Morgan fingerprint density at radius 1 is 1.32 bits per heavy atom. The van der Waals surface area contributed by atoms with Crippen molar-refractivity contribution in [3.8, 4) is 23.0 Å². The molecule has 3 aromatic rings. The molecule has 0 spiro atoms. The van der Waals surface area contributed by atoms with Gasteiger partial charge in [0.1, 0.15) is 29.2 Å². The second kappa shape index (κ2) is 8.20. The van der Waals surface area contributed by atoms with Crippen LogP contribution in [0.5, 0.6) is 0 Å². The van der Waals surface area contributed by atoms with Crippen LogP contribution in [0.15, 0.2) is 35.4 Å². The quantitative estimate of drug-likeness (QED) is 0.527. The second-order valence-electron chi connectivity index (χ2n) is 9.05. The molecule has 0 N–H and O–H groups in total. The summed E-state index contributed by atoms with van der Waals surface area (Å²) in [5.41, 5.74) is -1.09. The molecule has 34 heavy (non-hydrogen) atoms. The predicted molar refractivity (Wildman–Crippen MR) is 120 cm³/mol. The van der Waals surface area contributed by atoms with Crippen LogP contribution < -0.4 is 5.56 Å². The van der Waals surface area contributed by atoms with Gasteiger partial charge in [0, 0.05) is 23.9 Å². The van der Waals surface area contributed by atoms with Gasteiger partial charge in [-0.2, -0.15) is 5.10 Å². The Morgan fingerprint density at radius 3 is 2.71 bits per heavy atom. The highest BCUT2D eigenvalue weighted by atomic mass is 35.5. The fraction of sp³-hybridized carbons (Fsp3) is 0.375. The zero-order valence-electron chi connectivity index (χ0n) is 18.2. The van der Waals surface area contributed by atoms with E-state index in [0.717, 1.165) is 18.9 Å². The van der Waals surface area contributed by atoms with Gasteiger partial charge in [0.15, 0.2) is 6.17 Å². The van der Waals surface area contributed by atoms with Gasteiger partial charge in [-0.15, -0.1) is 0 Å². The molecule has 3 heterocycles. The lowest BCUT2D eigenvalue weighted by Gasteiger charge is -2.42. The number of likely N-dealkylation sites (tertiary alicyclic amines) is 1. The summed E-state index contributed by atoms with van der Waals surface area (Å²) in [6.07, 6.45) is 3.13. The van der Waals surface area contributed by atoms with E-state index in [4.69, 9.17) is 11.6 Å². The molecule has 1 saturated heterocycles. The molecule has 1 unspecified atom stereocenters. The Bertz CT molecular complexity index is 1420. The number of amides is 1. The predicted octanol–water partition coefficient (Wildman–Crippen LogP) is 3.63. The lowest BCUT2D eigenvalue weighted by Crippen LogP contribution is -2.60. The van der Waals surface area contributed by atoms with Crippen LogP contribution in [0.3, 0.4) is 0 Å². The average Bonchev–Trinajstić information content (AvgIpc) is 3.55. The SMILES string of the molecule is CC1(F)CN(C(=O)Cn2ccn3nc(C#CC(F)C4CC4)c(-c4ccc(F)c(Cl)c4)c3c2=O)C1. The van der Waals surface area contributed by atoms with E-state index in [0.29, 0.717) is 5.56 Å². The molecule has 1 amide bonds. The van der Waals surface area contributed by atoms with Gasteiger partial charge in [0.25, 0.3) is 5.56 Å². The van der Waals surface area contributed by atoms with E-state index in [1.807, 2.05) is 0 Å². The second-order valence-corrected chi connectivity index (χ2v) is 9.46. The van der Waals surface area contributed by atoms with E-state index >= 15 is 0 Å². The van der Waals surface area contributed by atoms with Crippen LogP contribution in [0.25, 0.3) is 16.6 Å². The maximum absolute atomic E-state index is 14.2. The number of carbonyl (C=O) groups is 1. The van der Waals surface area contributed by atoms with Gasteiger partial charge in [0.2, 0.25) is 5.91 Å². The number of hydrogen-bond donors (Lipinski definition) is 0. The summed E-state index contributed by atoms with van der Waals surface area (Å²) >= 11 is 5.97. The maximum Gasteiger partial charge on any atom is 0.277 e. The Hall–Kier alpha value is -3.25. The minimum absolute atomic E-state index is 0.0278. The third kappa shape index (κ3) is 4.18. The molecule has 1 aliphatic heterocycles. The van der Waals surface area contributed by atoms with Crippen LogP contribution in [-0.2, 0) is 11.3 Å². The molecule has 10 heteroatoms. The smallest absolute Gasteiger partial charge is 0.277 e. The first kappa shape index (κ1) is 22.5. The van der Waals surface area contributed by atoms with Gasteiger partial charge in [-0.05, 0) is 43.4 Å². The Morgan fingerprint density at radius 2 is 2.06 bits per heavy atom. The fourth-order valence-electron chi connectivity index (χ4n) is 4.05. The van der Waals surface area contributed by atoms with Gasteiger partial charge in [-0.25, -0.2) is 17.7 Å². The Labute approximate surface area is 197 Å². The monoisotopic (exact) mass is 488 g/mol. The van der Waals surface area contributed by atoms with E-state index < -0.39 is 29.1 Å². The van der Waals surface area contributed by atoms with E-state index in [1.165, 1.54) is 45.4 Å². The van der Waals surface area contributed by atoms with Crippen molar-refractivity contribution in [1.82, 2.24) is 19.1 Å². The molecule has 6 nitrogen and oxygen atoms in total. The lowest BCUT2D eigenvalue weighted by molar-refractivity contribution is -0.144. The van der Waals surface area contributed by atoms with Crippen molar-refractivity contribution in [2.75, 3.05) is 13.1 Å². The first-order valence-electron chi connectivity index (χ1n) is 10.8. The van der Waals surface area contributed by atoms with Crippen LogP contribution in [0.1, 0.15) is 25.5 Å². The van der Waals surface area contributed by atoms with Crippen molar-refractivity contribution >= 4 is 23.0 Å². The van der Waals surface area contributed by atoms with Crippen molar-refractivity contribution in [3.05, 3.63) is 57.5 Å². The fourth-order valence-corrected chi connectivity index (χ4v) is 4.23. The molecule has 2 aromatic heterocycles. The highest BCUT2D eigenvalue weighted by Crippen LogP contribution is 2.34. The summed E-state index contributed by atoms with van der Waals surface area (Å²) in [5.74, 6) is 4.17. The number of alkyl halides is 2. The average molecular weight is 489 g/mol. The highest BCUT2D eigenvalue weighted by molar-refractivity contribution is 6.31. The van der Waals surface area contributed by atoms with Gasteiger partial charge in [-0.1, -0.05) is 23.6 Å². The van der Waals surface area contributed by atoms with Gasteiger partial charge in [0.05, 0.1) is 18.1 Å². The van der Waals surface area contributed by atoms with E-state index in [2.05, 4.69) is 16.9 Å². The lowest BCUT2D eigenvalue weighted by atomic mass is 9.99. The van der Waals surface area contributed by atoms with Gasteiger partial charge >= 0.3 is 0 Å². The summed E-state index contributed by atoms with van der Waals surface area (Å²) in [6, 6.07) is 3.93. The Balaban J connectivity index is 1.59. The van der Waals surface area contributed by atoms with Crippen LogP contribution in [0.2, 0.25) is 5.02 Å². The maximum atomic E-state index is 14.2. The molecule has 0 radical (unpaired) electrons. The molecule has 1 atom stereocenters. The number of hydrogen-bond acceptors (Lipinski definition) is 3. The molecule has 1 aromatic carbocycles. The molecule has 1 aliphatic carbocycles. The normalized spacial score (nSPS) is 17.7. The van der Waals surface area contributed by atoms with Gasteiger partial charge < -0.3 is 9.47 Å². The van der Waals surface area contributed by atoms with Crippen molar-refractivity contribution in [2.45, 2.75) is 38.2 Å². The standard InChI is InChI=1S/C24H20ClF3N4O2/c1-24(28)12-31(13-24)20(33)11-30-8-9-32-22(23(30)34)21(15-4-5-18(27)16(25)10-15)19(29-32)7-6-17(26)14-2-3-14/h4-5,8-10,14,17H,2-3,11-13H2,1H3. The van der Waals surface area contributed by atoms with E-state index in [-0.39, 0.29) is 47.3 Å². The molecule has 1 saturated carbocycles. The largest absolute Gasteiger partial charge is 0.335 e. The number of nitrogens with zero attached hydrogens (tertiary/aromatic N) is 4. The molecular formula is C24H20ClF3N4O2. The van der Waals surface area contributed by atoms with Crippen molar-refractivity contribution in [2.24, 2.45) is 5.92 Å². The number of halogens is 4. The van der Waals surface area contributed by atoms with Crippen molar-refractivity contribution in [3.63, 3.8) is 0 Å². The summed E-state index contributed by atoms with van der Waals surface area (Å²) in [5, 5.41) is 4.18. The molecular weight excluding hydrogens is 469 g/mol. The summed E-state index contributed by atoms with van der Waals surface area (Å²) in [6.45, 7) is 1.07. The van der Waals surface area contributed by atoms with E-state index in [1.54, 1.807) is 0 Å². The summed E-state index contributed by atoms with van der Waals surface area (Å²) < 4.78 is 44.3. The van der Waals surface area contributed by atoms with Gasteiger partial charge in [-0.3, -0.25) is 9.59 Å². The number of carbonyl (C=O) groups excluding carboxylic acids is 1. The first-order chi connectivity index (χ1) is 16.1. The molecule has 5 rings (SSSR count). The third-order valence-corrected chi connectivity index (χ3v) is 6.32. The summed E-state index contributed by atoms with van der Waals surface area (Å²) in [4.78, 5) is 27.2. The first-order valence-corrected chi connectivity index (χ1v) is 11.2.